The maximum atomic E-state index is 12.7. The van der Waals surface area contributed by atoms with Crippen LogP contribution in [0.25, 0.3) is 0 Å². The van der Waals surface area contributed by atoms with Crippen LogP contribution in [0, 0.1) is 5.82 Å². The van der Waals surface area contributed by atoms with Gasteiger partial charge in [0.25, 0.3) is 0 Å². The first-order chi connectivity index (χ1) is 6.75. The van der Waals surface area contributed by atoms with E-state index in [-0.39, 0.29) is 5.75 Å². The van der Waals surface area contributed by atoms with Crippen LogP contribution in [0.2, 0.25) is 0 Å². The fourth-order valence-electron chi connectivity index (χ4n) is 1.90. The fraction of sp³-hybridized carbons (Fsp3) is 0.455. The average molecular weight is 195 g/mol. The zero-order chi connectivity index (χ0) is 9.97. The lowest BCUT2D eigenvalue weighted by Crippen LogP contribution is -2.23. The highest BCUT2D eigenvalue weighted by Crippen LogP contribution is 2.19. The Labute approximate surface area is 82.8 Å². The highest BCUT2D eigenvalue weighted by molar-refractivity contribution is 5.29. The Balaban J connectivity index is 2.05. The quantitative estimate of drug-likeness (QED) is 0.754. The number of aromatic hydroxyl groups is 1. The molecule has 1 atom stereocenters. The number of halogens is 1. The average Bonchev–Trinajstić information content (AvgIpc) is 2.64. The summed E-state index contributed by atoms with van der Waals surface area (Å²) in [7, 11) is 0. The molecule has 76 valence electrons. The van der Waals surface area contributed by atoms with Gasteiger partial charge in [0, 0.05) is 6.04 Å². The number of rotatable bonds is 2. The summed E-state index contributed by atoms with van der Waals surface area (Å²) in [6, 6.07) is 5.05. The summed E-state index contributed by atoms with van der Waals surface area (Å²) < 4.78 is 12.7. The zero-order valence-electron chi connectivity index (χ0n) is 7.96. The van der Waals surface area contributed by atoms with Crippen molar-refractivity contribution in [2.75, 3.05) is 6.54 Å². The minimum atomic E-state index is -0.548. The van der Waals surface area contributed by atoms with Gasteiger partial charge in [-0.25, -0.2) is 4.39 Å². The lowest BCUT2D eigenvalue weighted by atomic mass is 10.0. The maximum Gasteiger partial charge on any atom is 0.164 e. The second-order valence-electron chi connectivity index (χ2n) is 3.78. The minimum absolute atomic E-state index is 0.250. The number of nitrogens with one attached hydrogen (secondary N) is 1. The van der Waals surface area contributed by atoms with E-state index in [1.165, 1.54) is 18.6 Å². The van der Waals surface area contributed by atoms with Crippen LogP contribution < -0.4 is 5.32 Å². The van der Waals surface area contributed by atoms with Gasteiger partial charge in [0.05, 0.1) is 0 Å². The van der Waals surface area contributed by atoms with Crippen molar-refractivity contribution in [2.24, 2.45) is 0 Å². The van der Waals surface area contributed by atoms with E-state index in [1.807, 2.05) is 0 Å². The van der Waals surface area contributed by atoms with Crippen LogP contribution in [0.1, 0.15) is 18.4 Å². The van der Waals surface area contributed by atoms with E-state index in [0.717, 1.165) is 24.9 Å². The molecule has 2 N–H and O–H groups in total. The molecule has 14 heavy (non-hydrogen) atoms. The molecule has 2 rings (SSSR count). The first-order valence-electron chi connectivity index (χ1n) is 4.96. The number of phenolic OH excluding ortho intramolecular Hbond substituents is 1. The van der Waals surface area contributed by atoms with Crippen molar-refractivity contribution in [2.45, 2.75) is 25.3 Å². The van der Waals surface area contributed by atoms with E-state index in [0.29, 0.717) is 6.04 Å². The van der Waals surface area contributed by atoms with Gasteiger partial charge in [-0.2, -0.15) is 0 Å². The standard InChI is InChI=1S/C11H14FNO/c12-10-4-3-8(7-11(10)14)6-9-2-1-5-13-9/h3-4,7,9,13-14H,1-2,5-6H2. The van der Waals surface area contributed by atoms with E-state index >= 15 is 0 Å². The van der Waals surface area contributed by atoms with Gasteiger partial charge in [-0.1, -0.05) is 6.07 Å². The van der Waals surface area contributed by atoms with E-state index < -0.39 is 5.82 Å². The van der Waals surface area contributed by atoms with Crippen LogP contribution in [0.15, 0.2) is 18.2 Å². The molecule has 2 nitrogen and oxygen atoms in total. The molecule has 1 unspecified atom stereocenters. The van der Waals surface area contributed by atoms with E-state index in [2.05, 4.69) is 5.32 Å². The first-order valence-corrected chi connectivity index (χ1v) is 4.96. The molecule has 1 aliphatic rings. The van der Waals surface area contributed by atoms with Gasteiger partial charge in [0.15, 0.2) is 11.6 Å². The summed E-state index contributed by atoms with van der Waals surface area (Å²) in [5.74, 6) is -0.798. The van der Waals surface area contributed by atoms with Gasteiger partial charge in [-0.3, -0.25) is 0 Å². The van der Waals surface area contributed by atoms with Crippen molar-refractivity contribution in [1.29, 1.82) is 0 Å². The molecule has 3 heteroatoms. The Kier molecular flexibility index (Phi) is 2.68. The number of hydrogen-bond donors (Lipinski definition) is 2. The van der Waals surface area contributed by atoms with Crippen molar-refractivity contribution >= 4 is 0 Å². The van der Waals surface area contributed by atoms with Gasteiger partial charge in [0.1, 0.15) is 0 Å². The van der Waals surface area contributed by atoms with E-state index in [1.54, 1.807) is 6.07 Å². The minimum Gasteiger partial charge on any atom is -0.505 e. The van der Waals surface area contributed by atoms with Gasteiger partial charge in [-0.05, 0) is 43.5 Å². The second-order valence-corrected chi connectivity index (χ2v) is 3.78. The van der Waals surface area contributed by atoms with Gasteiger partial charge in [0.2, 0.25) is 0 Å². The van der Waals surface area contributed by atoms with Crippen molar-refractivity contribution in [3.63, 3.8) is 0 Å². The Morgan fingerprint density at radius 2 is 2.36 bits per heavy atom. The lowest BCUT2D eigenvalue weighted by Gasteiger charge is -2.10. The Morgan fingerprint density at radius 3 is 3.00 bits per heavy atom. The molecule has 1 aromatic rings. The smallest absolute Gasteiger partial charge is 0.164 e. The van der Waals surface area contributed by atoms with Crippen LogP contribution in [0.4, 0.5) is 4.39 Å². The molecular formula is C11H14FNO. The van der Waals surface area contributed by atoms with Crippen molar-refractivity contribution < 1.29 is 9.50 Å². The topological polar surface area (TPSA) is 32.3 Å². The van der Waals surface area contributed by atoms with Crippen LogP contribution >= 0.6 is 0 Å². The SMILES string of the molecule is Oc1cc(CC2CCCN2)ccc1F. The highest BCUT2D eigenvalue weighted by atomic mass is 19.1. The van der Waals surface area contributed by atoms with Gasteiger partial charge < -0.3 is 10.4 Å². The number of hydrogen-bond acceptors (Lipinski definition) is 2. The molecule has 1 aliphatic heterocycles. The van der Waals surface area contributed by atoms with Crippen LogP contribution in [-0.2, 0) is 6.42 Å². The Bertz CT molecular complexity index is 321. The molecule has 1 heterocycles. The zero-order valence-corrected chi connectivity index (χ0v) is 7.96. The normalized spacial score (nSPS) is 21.4. The van der Waals surface area contributed by atoms with Crippen LogP contribution in [0.3, 0.4) is 0 Å². The predicted octanol–water partition coefficient (Wildman–Crippen LogP) is 1.83. The molecular weight excluding hydrogens is 181 g/mol. The number of phenols is 1. The molecule has 0 bridgehead atoms. The van der Waals surface area contributed by atoms with E-state index in [4.69, 9.17) is 0 Å². The molecule has 0 spiro atoms. The third kappa shape index (κ3) is 2.04. The molecule has 0 aliphatic carbocycles. The Morgan fingerprint density at radius 1 is 1.50 bits per heavy atom. The monoisotopic (exact) mass is 195 g/mol. The summed E-state index contributed by atoms with van der Waals surface area (Å²) in [5, 5.41) is 12.5. The summed E-state index contributed by atoms with van der Waals surface area (Å²) in [4.78, 5) is 0. The lowest BCUT2D eigenvalue weighted by molar-refractivity contribution is 0.431. The molecule has 0 saturated carbocycles. The van der Waals surface area contributed by atoms with Crippen LogP contribution in [0.5, 0.6) is 5.75 Å². The third-order valence-corrected chi connectivity index (χ3v) is 2.66. The molecule has 0 aromatic heterocycles. The second kappa shape index (κ2) is 3.96. The molecule has 0 amide bonds. The third-order valence-electron chi connectivity index (χ3n) is 2.66. The predicted molar refractivity (Wildman–Crippen MR) is 52.8 cm³/mol. The van der Waals surface area contributed by atoms with Crippen LogP contribution in [-0.4, -0.2) is 17.7 Å². The summed E-state index contributed by atoms with van der Waals surface area (Å²) in [6.07, 6.45) is 3.24. The van der Waals surface area contributed by atoms with Gasteiger partial charge in [-0.15, -0.1) is 0 Å². The van der Waals surface area contributed by atoms with Crippen molar-refractivity contribution in [1.82, 2.24) is 5.32 Å². The number of benzene rings is 1. The molecule has 1 fully saturated rings. The fourth-order valence-corrected chi connectivity index (χ4v) is 1.90. The summed E-state index contributed by atoms with van der Waals surface area (Å²) >= 11 is 0. The summed E-state index contributed by atoms with van der Waals surface area (Å²) in [5.41, 5.74) is 0.989. The Hall–Kier alpha value is -1.09. The molecule has 0 radical (unpaired) electrons. The maximum absolute atomic E-state index is 12.7. The first kappa shape index (κ1) is 9.46. The van der Waals surface area contributed by atoms with Gasteiger partial charge >= 0.3 is 0 Å². The van der Waals surface area contributed by atoms with Crippen molar-refractivity contribution in [3.8, 4) is 5.75 Å². The van der Waals surface area contributed by atoms with E-state index in [9.17, 15) is 9.50 Å². The van der Waals surface area contributed by atoms with Crippen molar-refractivity contribution in [3.05, 3.63) is 29.6 Å². The largest absolute Gasteiger partial charge is 0.505 e. The summed E-state index contributed by atoms with van der Waals surface area (Å²) in [6.45, 7) is 1.07. The highest BCUT2D eigenvalue weighted by Gasteiger charge is 2.14. The molecule has 1 saturated heterocycles. The molecule has 1 aromatic carbocycles.